The first-order valence-electron chi connectivity index (χ1n) is 7.83. The van der Waals surface area contributed by atoms with Gasteiger partial charge in [0.1, 0.15) is 11.6 Å². The molecule has 2 rings (SSSR count). The molecule has 0 aliphatic carbocycles. The van der Waals surface area contributed by atoms with Crippen molar-refractivity contribution < 1.29 is 14.1 Å². The standard InChI is InChI=1S/C17H22N4O3/c1-13-11-14(24-19-13)7-4-5-10-20(2)17(23)15-8-6-9-18-16(15)21(3)12-22/h6,8-9,11-12H,4-5,7,10H2,1-3H3. The summed E-state index contributed by atoms with van der Waals surface area (Å²) in [4.78, 5) is 30.6. The van der Waals surface area contributed by atoms with E-state index in [0.717, 1.165) is 30.7 Å². The average molecular weight is 330 g/mol. The minimum absolute atomic E-state index is 0.151. The Bertz CT molecular complexity index is 699. The van der Waals surface area contributed by atoms with Crippen molar-refractivity contribution in [3.8, 4) is 0 Å². The number of aromatic nitrogens is 2. The van der Waals surface area contributed by atoms with Gasteiger partial charge in [-0.3, -0.25) is 9.59 Å². The maximum atomic E-state index is 12.6. The third-order valence-corrected chi connectivity index (χ3v) is 3.70. The van der Waals surface area contributed by atoms with Crippen molar-refractivity contribution in [2.24, 2.45) is 0 Å². The molecule has 0 atom stereocenters. The molecule has 0 spiro atoms. The summed E-state index contributed by atoms with van der Waals surface area (Å²) >= 11 is 0. The highest BCUT2D eigenvalue weighted by Gasteiger charge is 2.18. The Labute approximate surface area is 141 Å². The smallest absolute Gasteiger partial charge is 0.257 e. The van der Waals surface area contributed by atoms with Gasteiger partial charge >= 0.3 is 0 Å². The van der Waals surface area contributed by atoms with Crippen LogP contribution < -0.4 is 4.90 Å². The topological polar surface area (TPSA) is 79.5 Å². The Morgan fingerprint density at radius 1 is 1.33 bits per heavy atom. The van der Waals surface area contributed by atoms with Gasteiger partial charge < -0.3 is 14.3 Å². The van der Waals surface area contributed by atoms with Crippen LogP contribution in [-0.4, -0.2) is 48.0 Å². The quantitative estimate of drug-likeness (QED) is 0.547. The second kappa shape index (κ2) is 8.24. The molecule has 0 saturated carbocycles. The first-order valence-corrected chi connectivity index (χ1v) is 7.83. The molecular formula is C17H22N4O3. The summed E-state index contributed by atoms with van der Waals surface area (Å²) in [5, 5.41) is 3.85. The average Bonchev–Trinajstić information content (AvgIpc) is 3.02. The van der Waals surface area contributed by atoms with E-state index in [1.165, 1.54) is 4.90 Å². The zero-order valence-electron chi connectivity index (χ0n) is 14.2. The lowest BCUT2D eigenvalue weighted by Gasteiger charge is -2.20. The van der Waals surface area contributed by atoms with Gasteiger partial charge in [-0.2, -0.15) is 0 Å². The van der Waals surface area contributed by atoms with Gasteiger partial charge in [-0.1, -0.05) is 5.16 Å². The summed E-state index contributed by atoms with van der Waals surface area (Å²) in [5.74, 6) is 1.08. The SMILES string of the molecule is Cc1cc(CCCCN(C)C(=O)c2cccnc2N(C)C=O)on1. The maximum absolute atomic E-state index is 12.6. The third kappa shape index (κ3) is 4.41. The van der Waals surface area contributed by atoms with Crippen LogP contribution in [0.1, 0.15) is 34.7 Å². The van der Waals surface area contributed by atoms with Gasteiger partial charge in [0.2, 0.25) is 6.41 Å². The fraction of sp³-hybridized carbons (Fsp3) is 0.412. The lowest BCUT2D eigenvalue weighted by atomic mass is 10.1. The second-order valence-electron chi connectivity index (χ2n) is 5.71. The highest BCUT2D eigenvalue weighted by atomic mass is 16.5. The molecule has 2 amide bonds. The Kier molecular flexibility index (Phi) is 6.06. The van der Waals surface area contributed by atoms with E-state index in [0.29, 0.717) is 24.3 Å². The number of aryl methyl sites for hydroxylation is 2. The van der Waals surface area contributed by atoms with Crippen LogP contribution in [0.2, 0.25) is 0 Å². The third-order valence-electron chi connectivity index (χ3n) is 3.70. The minimum Gasteiger partial charge on any atom is -0.361 e. The first-order chi connectivity index (χ1) is 11.5. The highest BCUT2D eigenvalue weighted by molar-refractivity contribution is 6.00. The molecule has 0 aromatic carbocycles. The van der Waals surface area contributed by atoms with Crippen LogP contribution in [0.15, 0.2) is 28.9 Å². The maximum Gasteiger partial charge on any atom is 0.257 e. The largest absolute Gasteiger partial charge is 0.361 e. The molecular weight excluding hydrogens is 308 g/mol. The normalized spacial score (nSPS) is 10.5. The number of nitrogens with zero attached hydrogens (tertiary/aromatic N) is 4. The molecule has 0 N–H and O–H groups in total. The monoisotopic (exact) mass is 330 g/mol. The molecule has 0 fully saturated rings. The van der Waals surface area contributed by atoms with Gasteiger partial charge in [0.15, 0.2) is 0 Å². The molecule has 2 aromatic rings. The number of hydrogen-bond acceptors (Lipinski definition) is 5. The molecule has 128 valence electrons. The van der Waals surface area contributed by atoms with E-state index in [1.807, 2.05) is 13.0 Å². The molecule has 0 radical (unpaired) electrons. The number of carbonyl (C=O) groups is 2. The van der Waals surface area contributed by atoms with Crippen molar-refractivity contribution in [1.29, 1.82) is 0 Å². The fourth-order valence-electron chi connectivity index (χ4n) is 2.38. The lowest BCUT2D eigenvalue weighted by molar-refractivity contribution is -0.107. The van der Waals surface area contributed by atoms with Crippen LogP contribution >= 0.6 is 0 Å². The van der Waals surface area contributed by atoms with Crippen molar-refractivity contribution in [3.05, 3.63) is 41.4 Å². The second-order valence-corrected chi connectivity index (χ2v) is 5.71. The van der Waals surface area contributed by atoms with E-state index < -0.39 is 0 Å². The van der Waals surface area contributed by atoms with Crippen molar-refractivity contribution in [2.75, 3.05) is 25.5 Å². The zero-order chi connectivity index (χ0) is 17.5. The van der Waals surface area contributed by atoms with Gasteiger partial charge in [-0.05, 0) is 31.9 Å². The van der Waals surface area contributed by atoms with Crippen LogP contribution in [0.5, 0.6) is 0 Å². The van der Waals surface area contributed by atoms with Crippen molar-refractivity contribution in [2.45, 2.75) is 26.2 Å². The summed E-state index contributed by atoms with van der Waals surface area (Å²) in [6, 6.07) is 5.29. The van der Waals surface area contributed by atoms with Gasteiger partial charge in [-0.15, -0.1) is 0 Å². The number of amides is 2. The van der Waals surface area contributed by atoms with Crippen molar-refractivity contribution in [3.63, 3.8) is 0 Å². The molecule has 0 unspecified atom stereocenters. The Balaban J connectivity index is 1.89. The molecule has 2 heterocycles. The van der Waals surface area contributed by atoms with Gasteiger partial charge in [0.05, 0.1) is 11.3 Å². The molecule has 0 saturated heterocycles. The van der Waals surface area contributed by atoms with E-state index in [1.54, 1.807) is 37.3 Å². The van der Waals surface area contributed by atoms with Crippen LogP contribution in [-0.2, 0) is 11.2 Å². The summed E-state index contributed by atoms with van der Waals surface area (Å²) in [6.07, 6.45) is 4.75. The molecule has 2 aromatic heterocycles. The van der Waals surface area contributed by atoms with Gasteiger partial charge in [0.25, 0.3) is 5.91 Å². The van der Waals surface area contributed by atoms with Crippen LogP contribution in [0.3, 0.4) is 0 Å². The number of carbonyl (C=O) groups excluding carboxylic acids is 2. The zero-order valence-corrected chi connectivity index (χ0v) is 14.2. The number of pyridine rings is 1. The van der Waals surface area contributed by atoms with E-state index in [-0.39, 0.29) is 5.91 Å². The predicted octanol–water partition coefficient (Wildman–Crippen LogP) is 2.07. The Hall–Kier alpha value is -2.70. The molecule has 7 nitrogen and oxygen atoms in total. The summed E-state index contributed by atoms with van der Waals surface area (Å²) in [7, 11) is 3.32. The van der Waals surface area contributed by atoms with Gasteiger partial charge in [-0.25, -0.2) is 4.98 Å². The van der Waals surface area contributed by atoms with Crippen LogP contribution in [0, 0.1) is 6.92 Å². The number of unbranched alkanes of at least 4 members (excludes halogenated alkanes) is 1. The number of rotatable bonds is 8. The number of hydrogen-bond donors (Lipinski definition) is 0. The van der Waals surface area contributed by atoms with Crippen molar-refractivity contribution >= 4 is 18.1 Å². The Morgan fingerprint density at radius 2 is 2.12 bits per heavy atom. The van der Waals surface area contributed by atoms with Crippen LogP contribution in [0.25, 0.3) is 0 Å². The highest BCUT2D eigenvalue weighted by Crippen LogP contribution is 2.17. The molecule has 7 heteroatoms. The summed E-state index contributed by atoms with van der Waals surface area (Å²) in [6.45, 7) is 2.51. The fourth-order valence-corrected chi connectivity index (χ4v) is 2.38. The summed E-state index contributed by atoms with van der Waals surface area (Å²) in [5.41, 5.74) is 1.29. The summed E-state index contributed by atoms with van der Waals surface area (Å²) < 4.78 is 5.17. The molecule has 0 aliphatic rings. The number of anilines is 1. The molecule has 24 heavy (non-hydrogen) atoms. The molecule has 0 aliphatic heterocycles. The molecule has 0 bridgehead atoms. The van der Waals surface area contributed by atoms with E-state index in [9.17, 15) is 9.59 Å². The predicted molar refractivity (Wildman–Crippen MR) is 89.8 cm³/mol. The van der Waals surface area contributed by atoms with E-state index >= 15 is 0 Å². The van der Waals surface area contributed by atoms with E-state index in [2.05, 4.69) is 10.1 Å². The van der Waals surface area contributed by atoms with Gasteiger partial charge in [0, 0.05) is 39.3 Å². The van der Waals surface area contributed by atoms with Crippen LogP contribution in [0.4, 0.5) is 5.82 Å². The minimum atomic E-state index is -0.151. The Morgan fingerprint density at radius 3 is 2.79 bits per heavy atom. The van der Waals surface area contributed by atoms with Crippen molar-refractivity contribution in [1.82, 2.24) is 15.0 Å². The van der Waals surface area contributed by atoms with E-state index in [4.69, 9.17) is 4.52 Å². The lowest BCUT2D eigenvalue weighted by Crippen LogP contribution is -2.30. The first kappa shape index (κ1) is 17.7.